The second-order valence-corrected chi connectivity index (χ2v) is 7.82. The predicted octanol–water partition coefficient (Wildman–Crippen LogP) is 4.55. The molecule has 3 rings (SSSR count). The summed E-state index contributed by atoms with van der Waals surface area (Å²) in [6.07, 6.45) is 0. The lowest BCUT2D eigenvalue weighted by Gasteiger charge is -2.20. The SMILES string of the molecule is CCN(CC)c1ccc(C(=O)OCC(=O)Nc2nc3c(C)cc(C)cc3s2)cc1. The number of nitrogens with one attached hydrogen (secondary N) is 1. The average molecular weight is 412 g/mol. The number of amides is 1. The summed E-state index contributed by atoms with van der Waals surface area (Å²) < 4.78 is 6.16. The Morgan fingerprint density at radius 2 is 1.79 bits per heavy atom. The third-order valence-electron chi connectivity index (χ3n) is 4.64. The zero-order chi connectivity index (χ0) is 21.0. The van der Waals surface area contributed by atoms with Crippen LogP contribution < -0.4 is 10.2 Å². The molecule has 7 heteroatoms. The number of aryl methyl sites for hydroxylation is 2. The van der Waals surface area contributed by atoms with Crippen LogP contribution in [0.3, 0.4) is 0 Å². The number of carbonyl (C=O) groups excluding carboxylic acids is 2. The van der Waals surface area contributed by atoms with Gasteiger partial charge in [-0.1, -0.05) is 17.4 Å². The molecule has 0 saturated heterocycles. The Kier molecular flexibility index (Phi) is 6.49. The maximum Gasteiger partial charge on any atom is 0.338 e. The quantitative estimate of drug-likeness (QED) is 0.577. The number of hydrogen-bond donors (Lipinski definition) is 1. The highest BCUT2D eigenvalue weighted by Crippen LogP contribution is 2.29. The van der Waals surface area contributed by atoms with Crippen LogP contribution in [-0.2, 0) is 9.53 Å². The van der Waals surface area contributed by atoms with Gasteiger partial charge >= 0.3 is 5.97 Å². The molecule has 3 aromatic rings. The summed E-state index contributed by atoms with van der Waals surface area (Å²) >= 11 is 1.40. The third-order valence-corrected chi connectivity index (χ3v) is 5.56. The van der Waals surface area contributed by atoms with E-state index >= 15 is 0 Å². The lowest BCUT2D eigenvalue weighted by atomic mass is 10.1. The lowest BCUT2D eigenvalue weighted by molar-refractivity contribution is -0.119. The third kappa shape index (κ3) is 4.92. The molecule has 0 aliphatic carbocycles. The maximum atomic E-state index is 12.2. The predicted molar refractivity (Wildman–Crippen MR) is 118 cm³/mol. The topological polar surface area (TPSA) is 71.5 Å². The summed E-state index contributed by atoms with van der Waals surface area (Å²) in [6.45, 7) is 9.62. The Labute approximate surface area is 174 Å². The molecule has 0 fully saturated rings. The molecule has 0 bridgehead atoms. The van der Waals surface area contributed by atoms with Crippen LogP contribution in [0, 0.1) is 13.8 Å². The van der Waals surface area contributed by atoms with E-state index in [-0.39, 0.29) is 6.61 Å². The Bertz CT molecular complexity index is 1020. The molecule has 6 nitrogen and oxygen atoms in total. The largest absolute Gasteiger partial charge is 0.452 e. The first-order valence-electron chi connectivity index (χ1n) is 9.61. The first-order chi connectivity index (χ1) is 13.9. The van der Waals surface area contributed by atoms with Crippen molar-refractivity contribution in [1.82, 2.24) is 4.98 Å². The van der Waals surface area contributed by atoms with Crippen molar-refractivity contribution in [2.75, 3.05) is 29.9 Å². The van der Waals surface area contributed by atoms with Crippen LogP contribution in [0.15, 0.2) is 36.4 Å². The van der Waals surface area contributed by atoms with Gasteiger partial charge < -0.3 is 9.64 Å². The number of carbonyl (C=O) groups is 2. The molecule has 0 atom stereocenters. The standard InChI is InChI=1S/C22H25N3O3S/c1-5-25(6-2)17-9-7-16(8-10-17)21(27)28-13-19(26)23-22-24-20-15(4)11-14(3)12-18(20)29-22/h7-12H,5-6,13H2,1-4H3,(H,23,24,26). The van der Waals surface area contributed by atoms with Gasteiger partial charge in [0.25, 0.3) is 5.91 Å². The van der Waals surface area contributed by atoms with Crippen molar-refractivity contribution in [3.8, 4) is 0 Å². The van der Waals surface area contributed by atoms with Crippen LogP contribution >= 0.6 is 11.3 Å². The summed E-state index contributed by atoms with van der Waals surface area (Å²) in [6, 6.07) is 11.3. The molecule has 0 aliphatic heterocycles. The minimum atomic E-state index is -0.526. The molecule has 1 N–H and O–H groups in total. The van der Waals surface area contributed by atoms with Gasteiger partial charge in [0.1, 0.15) is 0 Å². The van der Waals surface area contributed by atoms with E-state index in [0.29, 0.717) is 10.7 Å². The molecule has 0 spiro atoms. The van der Waals surface area contributed by atoms with Gasteiger partial charge in [-0.3, -0.25) is 10.1 Å². The van der Waals surface area contributed by atoms with Gasteiger partial charge in [-0.25, -0.2) is 9.78 Å². The summed E-state index contributed by atoms with van der Waals surface area (Å²) in [5.74, 6) is -0.937. The smallest absolute Gasteiger partial charge is 0.338 e. The summed E-state index contributed by atoms with van der Waals surface area (Å²) in [7, 11) is 0. The van der Waals surface area contributed by atoms with Crippen LogP contribution in [0.1, 0.15) is 35.3 Å². The molecule has 0 unspecified atom stereocenters. The molecule has 1 amide bonds. The number of benzene rings is 2. The van der Waals surface area contributed by atoms with Crippen molar-refractivity contribution < 1.29 is 14.3 Å². The van der Waals surface area contributed by atoms with Crippen LogP contribution in [0.4, 0.5) is 10.8 Å². The number of rotatable bonds is 7. The molecule has 152 valence electrons. The van der Waals surface area contributed by atoms with Crippen molar-refractivity contribution in [2.45, 2.75) is 27.7 Å². The number of nitrogens with zero attached hydrogens (tertiary/aromatic N) is 2. The van der Waals surface area contributed by atoms with E-state index in [4.69, 9.17) is 4.74 Å². The Morgan fingerprint density at radius 3 is 2.45 bits per heavy atom. The van der Waals surface area contributed by atoms with E-state index in [1.165, 1.54) is 11.3 Å². The van der Waals surface area contributed by atoms with Crippen molar-refractivity contribution >= 4 is 44.2 Å². The molecule has 29 heavy (non-hydrogen) atoms. The molecule has 1 heterocycles. The van der Waals surface area contributed by atoms with Crippen molar-refractivity contribution in [2.24, 2.45) is 0 Å². The highest BCUT2D eigenvalue weighted by atomic mass is 32.1. The van der Waals surface area contributed by atoms with Gasteiger partial charge in [0.05, 0.1) is 15.8 Å². The zero-order valence-corrected chi connectivity index (χ0v) is 17.9. The summed E-state index contributed by atoms with van der Waals surface area (Å²) in [4.78, 5) is 31.0. The van der Waals surface area contributed by atoms with Gasteiger partial charge in [-0.15, -0.1) is 0 Å². The zero-order valence-electron chi connectivity index (χ0n) is 17.1. The Morgan fingerprint density at radius 1 is 1.10 bits per heavy atom. The number of hydrogen-bond acceptors (Lipinski definition) is 6. The van der Waals surface area contributed by atoms with Gasteiger partial charge in [0, 0.05) is 18.8 Å². The van der Waals surface area contributed by atoms with Crippen molar-refractivity contribution in [1.29, 1.82) is 0 Å². The Balaban J connectivity index is 1.57. The average Bonchev–Trinajstić information content (AvgIpc) is 3.10. The number of thiazole rings is 1. The monoisotopic (exact) mass is 411 g/mol. The van der Waals surface area contributed by atoms with Crippen LogP contribution in [0.5, 0.6) is 0 Å². The summed E-state index contributed by atoms with van der Waals surface area (Å²) in [5, 5.41) is 3.21. The van der Waals surface area contributed by atoms with Gasteiger partial charge in [-0.2, -0.15) is 0 Å². The number of ether oxygens (including phenoxy) is 1. The fourth-order valence-electron chi connectivity index (χ4n) is 3.19. The van der Waals surface area contributed by atoms with Crippen molar-refractivity contribution in [3.63, 3.8) is 0 Å². The highest BCUT2D eigenvalue weighted by Gasteiger charge is 2.13. The van der Waals surface area contributed by atoms with E-state index in [9.17, 15) is 9.59 Å². The first kappa shape index (κ1) is 20.8. The van der Waals surface area contributed by atoms with E-state index in [1.807, 2.05) is 32.0 Å². The van der Waals surface area contributed by atoms with Gasteiger partial charge in [-0.05, 0) is 69.2 Å². The second-order valence-electron chi connectivity index (χ2n) is 6.79. The normalized spacial score (nSPS) is 10.8. The number of aromatic nitrogens is 1. The number of anilines is 2. The van der Waals surface area contributed by atoms with Crippen LogP contribution in [-0.4, -0.2) is 36.6 Å². The molecular formula is C22H25N3O3S. The van der Waals surface area contributed by atoms with Gasteiger partial charge in [0.2, 0.25) is 0 Å². The molecule has 2 aromatic carbocycles. The second kappa shape index (κ2) is 9.05. The van der Waals surface area contributed by atoms with Crippen molar-refractivity contribution in [3.05, 3.63) is 53.1 Å². The van der Waals surface area contributed by atoms with E-state index in [2.05, 4.69) is 35.1 Å². The maximum absolute atomic E-state index is 12.2. The number of fused-ring (bicyclic) bond motifs is 1. The minimum Gasteiger partial charge on any atom is -0.452 e. The first-order valence-corrected chi connectivity index (χ1v) is 10.4. The van der Waals surface area contributed by atoms with Crippen LogP contribution in [0.2, 0.25) is 0 Å². The van der Waals surface area contributed by atoms with Crippen LogP contribution in [0.25, 0.3) is 10.2 Å². The number of esters is 1. The molecule has 0 radical (unpaired) electrons. The summed E-state index contributed by atoms with van der Waals surface area (Å²) in [5.41, 5.74) is 4.56. The fourth-order valence-corrected chi connectivity index (χ4v) is 4.25. The van der Waals surface area contributed by atoms with E-state index in [1.54, 1.807) is 12.1 Å². The molecule has 1 aromatic heterocycles. The van der Waals surface area contributed by atoms with E-state index in [0.717, 1.165) is 40.1 Å². The minimum absolute atomic E-state index is 0.357. The lowest BCUT2D eigenvalue weighted by Crippen LogP contribution is -2.22. The molecule has 0 saturated carbocycles. The Hall–Kier alpha value is -2.93. The fraction of sp³-hybridized carbons (Fsp3) is 0.318. The van der Waals surface area contributed by atoms with Gasteiger partial charge in [0.15, 0.2) is 11.7 Å². The van der Waals surface area contributed by atoms with E-state index < -0.39 is 11.9 Å². The highest BCUT2D eigenvalue weighted by molar-refractivity contribution is 7.22. The molecule has 0 aliphatic rings. The molecular weight excluding hydrogens is 386 g/mol.